The number of anilines is 1. The Morgan fingerprint density at radius 2 is 1.52 bits per heavy atom. The van der Waals surface area contributed by atoms with Crippen molar-refractivity contribution in [3.63, 3.8) is 0 Å². The molecule has 0 spiro atoms. The Balaban J connectivity index is 0.00000127. The lowest BCUT2D eigenvalue weighted by molar-refractivity contribution is 0.0599. The molecular formula is C16H23NO5S. The van der Waals surface area contributed by atoms with Crippen LogP contribution in [-0.4, -0.2) is 42.7 Å². The van der Waals surface area contributed by atoms with Crippen LogP contribution >= 0.6 is 0 Å². The monoisotopic (exact) mass is 341 g/mol. The van der Waals surface area contributed by atoms with E-state index in [4.69, 9.17) is 0 Å². The second kappa shape index (κ2) is 9.29. The SMILES string of the molecule is CC.COC(=O)c1cc(C(=O)OC)cc(N2CCCCS2=O)c1. The number of carbonyl (C=O) groups is 2. The van der Waals surface area contributed by atoms with Gasteiger partial charge in [0.05, 0.1) is 31.0 Å². The van der Waals surface area contributed by atoms with Gasteiger partial charge in [-0.25, -0.2) is 13.8 Å². The van der Waals surface area contributed by atoms with Crippen molar-refractivity contribution < 1.29 is 23.3 Å². The summed E-state index contributed by atoms with van der Waals surface area (Å²) >= 11 is 0. The minimum atomic E-state index is -1.15. The predicted octanol–water partition coefficient (Wildman–Crippen LogP) is 2.55. The van der Waals surface area contributed by atoms with Gasteiger partial charge in [-0.05, 0) is 31.0 Å². The Bertz CT molecular complexity index is 554. The summed E-state index contributed by atoms with van der Waals surface area (Å²) in [6.07, 6.45) is 1.82. The number of hydrogen-bond donors (Lipinski definition) is 0. The fourth-order valence-electron chi connectivity index (χ4n) is 2.17. The second-order valence-electron chi connectivity index (χ2n) is 4.59. The van der Waals surface area contributed by atoms with Crippen LogP contribution in [0.5, 0.6) is 0 Å². The van der Waals surface area contributed by atoms with Crippen LogP contribution < -0.4 is 4.31 Å². The van der Waals surface area contributed by atoms with Crippen LogP contribution in [0.4, 0.5) is 5.69 Å². The molecule has 0 saturated carbocycles. The molecule has 1 aliphatic heterocycles. The van der Waals surface area contributed by atoms with E-state index in [9.17, 15) is 13.8 Å². The average molecular weight is 341 g/mol. The third-order valence-corrected chi connectivity index (χ3v) is 4.75. The molecular weight excluding hydrogens is 318 g/mol. The van der Waals surface area contributed by atoms with E-state index in [1.54, 1.807) is 16.4 Å². The molecule has 2 rings (SSSR count). The van der Waals surface area contributed by atoms with Gasteiger partial charge in [0.25, 0.3) is 0 Å². The summed E-state index contributed by atoms with van der Waals surface area (Å²) in [5, 5.41) is 0. The summed E-state index contributed by atoms with van der Waals surface area (Å²) in [5.41, 5.74) is 1.03. The lowest BCUT2D eigenvalue weighted by Gasteiger charge is -2.27. The lowest BCUT2D eigenvalue weighted by atomic mass is 10.1. The zero-order valence-electron chi connectivity index (χ0n) is 14.0. The number of esters is 2. The largest absolute Gasteiger partial charge is 0.465 e. The Morgan fingerprint density at radius 1 is 1.00 bits per heavy atom. The highest BCUT2D eigenvalue weighted by atomic mass is 32.2. The molecule has 0 bridgehead atoms. The van der Waals surface area contributed by atoms with Crippen molar-refractivity contribution in [2.24, 2.45) is 0 Å². The first kappa shape index (κ1) is 19.2. The number of hydrogen-bond acceptors (Lipinski definition) is 5. The van der Waals surface area contributed by atoms with Gasteiger partial charge in [0, 0.05) is 12.3 Å². The molecule has 0 amide bonds. The van der Waals surface area contributed by atoms with E-state index < -0.39 is 22.9 Å². The Kier molecular flexibility index (Phi) is 7.74. The zero-order chi connectivity index (χ0) is 17.4. The van der Waals surface area contributed by atoms with Gasteiger partial charge < -0.3 is 9.47 Å². The quantitative estimate of drug-likeness (QED) is 0.790. The highest BCUT2D eigenvalue weighted by Gasteiger charge is 2.22. The van der Waals surface area contributed by atoms with E-state index >= 15 is 0 Å². The van der Waals surface area contributed by atoms with Crippen molar-refractivity contribution in [1.29, 1.82) is 0 Å². The van der Waals surface area contributed by atoms with E-state index in [1.807, 2.05) is 13.8 Å². The van der Waals surface area contributed by atoms with Crippen LogP contribution in [-0.2, 0) is 20.5 Å². The molecule has 1 unspecified atom stereocenters. The maximum absolute atomic E-state index is 12.1. The molecule has 0 aliphatic carbocycles. The molecule has 7 heteroatoms. The van der Waals surface area contributed by atoms with Crippen molar-refractivity contribution in [3.05, 3.63) is 29.3 Å². The molecule has 0 radical (unpaired) electrons. The van der Waals surface area contributed by atoms with Crippen LogP contribution in [0.1, 0.15) is 47.4 Å². The van der Waals surface area contributed by atoms with Gasteiger partial charge in [0.1, 0.15) is 11.0 Å². The Labute approximate surface area is 139 Å². The zero-order valence-corrected chi connectivity index (χ0v) is 14.8. The molecule has 128 valence electrons. The molecule has 1 fully saturated rings. The molecule has 1 aromatic carbocycles. The smallest absolute Gasteiger partial charge is 0.337 e. The van der Waals surface area contributed by atoms with E-state index in [1.165, 1.54) is 20.3 Å². The van der Waals surface area contributed by atoms with Gasteiger partial charge in [-0.15, -0.1) is 0 Å². The molecule has 1 saturated heterocycles. The highest BCUT2D eigenvalue weighted by Crippen LogP contribution is 2.25. The van der Waals surface area contributed by atoms with Gasteiger partial charge in [-0.3, -0.25) is 4.31 Å². The molecule has 1 atom stereocenters. The second-order valence-corrected chi connectivity index (χ2v) is 6.08. The van der Waals surface area contributed by atoms with E-state index in [2.05, 4.69) is 9.47 Å². The Morgan fingerprint density at radius 3 is 1.96 bits per heavy atom. The average Bonchev–Trinajstić information content (AvgIpc) is 2.62. The summed E-state index contributed by atoms with van der Waals surface area (Å²) in [7, 11) is 1.39. The minimum absolute atomic E-state index is 0.234. The molecule has 0 N–H and O–H groups in total. The van der Waals surface area contributed by atoms with Crippen molar-refractivity contribution in [2.45, 2.75) is 26.7 Å². The van der Waals surface area contributed by atoms with Gasteiger partial charge >= 0.3 is 11.9 Å². The van der Waals surface area contributed by atoms with E-state index in [-0.39, 0.29) is 11.1 Å². The van der Waals surface area contributed by atoms with E-state index in [0.717, 1.165) is 12.8 Å². The third kappa shape index (κ3) is 4.79. The molecule has 1 aliphatic rings. The number of rotatable bonds is 3. The maximum atomic E-state index is 12.1. The summed E-state index contributed by atoms with van der Waals surface area (Å²) in [6.45, 7) is 4.62. The van der Waals surface area contributed by atoms with Gasteiger partial charge in [0.2, 0.25) is 0 Å². The number of carbonyl (C=O) groups excluding carboxylic acids is 2. The highest BCUT2D eigenvalue weighted by molar-refractivity contribution is 7.86. The normalized spacial score (nSPS) is 16.9. The topological polar surface area (TPSA) is 72.9 Å². The minimum Gasteiger partial charge on any atom is -0.465 e. The molecule has 23 heavy (non-hydrogen) atoms. The number of benzene rings is 1. The third-order valence-electron chi connectivity index (χ3n) is 3.22. The summed E-state index contributed by atoms with van der Waals surface area (Å²) in [4.78, 5) is 23.4. The van der Waals surface area contributed by atoms with Crippen LogP contribution in [0, 0.1) is 0 Å². The van der Waals surface area contributed by atoms with Crippen molar-refractivity contribution >= 4 is 28.6 Å². The molecule has 0 aromatic heterocycles. The summed E-state index contributed by atoms with van der Waals surface area (Å²) in [6, 6.07) is 4.58. The van der Waals surface area contributed by atoms with Crippen molar-refractivity contribution in [1.82, 2.24) is 0 Å². The number of methoxy groups -OCH3 is 2. The van der Waals surface area contributed by atoms with Gasteiger partial charge in [-0.2, -0.15) is 0 Å². The van der Waals surface area contributed by atoms with Crippen LogP contribution in [0.2, 0.25) is 0 Å². The number of ether oxygens (including phenoxy) is 2. The van der Waals surface area contributed by atoms with Crippen molar-refractivity contribution in [2.75, 3.05) is 30.8 Å². The Hall–Kier alpha value is -1.89. The standard InChI is InChI=1S/C14H17NO5S.C2H6/c1-19-13(16)10-7-11(14(17)20-2)9-12(8-10)15-5-3-4-6-21(15)18;1-2/h7-9H,3-6H2,1-2H3;1-2H3. The summed E-state index contributed by atoms with van der Waals surface area (Å²) in [5.74, 6) is -0.523. The van der Waals surface area contributed by atoms with Crippen molar-refractivity contribution in [3.8, 4) is 0 Å². The summed E-state index contributed by atoms with van der Waals surface area (Å²) < 4.78 is 23.2. The lowest BCUT2D eigenvalue weighted by Crippen LogP contribution is -2.33. The van der Waals surface area contributed by atoms with Gasteiger partial charge in [-0.1, -0.05) is 13.8 Å². The van der Waals surface area contributed by atoms with E-state index in [0.29, 0.717) is 18.0 Å². The first-order valence-electron chi connectivity index (χ1n) is 7.54. The maximum Gasteiger partial charge on any atom is 0.337 e. The molecule has 1 aromatic rings. The van der Waals surface area contributed by atoms with Crippen LogP contribution in [0.15, 0.2) is 18.2 Å². The predicted molar refractivity (Wildman–Crippen MR) is 90.1 cm³/mol. The fourth-order valence-corrected chi connectivity index (χ4v) is 3.51. The first-order valence-corrected chi connectivity index (χ1v) is 8.82. The van der Waals surface area contributed by atoms with Crippen LogP contribution in [0.25, 0.3) is 0 Å². The first-order chi connectivity index (χ1) is 11.1. The molecule has 1 heterocycles. The molecule has 6 nitrogen and oxygen atoms in total. The fraction of sp³-hybridized carbons (Fsp3) is 0.500. The van der Waals surface area contributed by atoms with Crippen LogP contribution in [0.3, 0.4) is 0 Å². The van der Waals surface area contributed by atoms with Gasteiger partial charge in [0.15, 0.2) is 0 Å². The number of nitrogens with zero attached hydrogens (tertiary/aromatic N) is 1.